The van der Waals surface area contributed by atoms with E-state index in [0.717, 1.165) is 0 Å². The molecule has 7 N–H and O–H groups in total. The molecule has 3 saturated heterocycles. The van der Waals surface area contributed by atoms with Gasteiger partial charge in [-0.05, 0) is 86.7 Å². The van der Waals surface area contributed by atoms with Crippen molar-refractivity contribution in [1.82, 2.24) is 24.8 Å². The Morgan fingerprint density at radius 2 is 1.73 bits per heavy atom. The minimum absolute atomic E-state index is 0.0906. The van der Waals surface area contributed by atoms with E-state index in [-0.39, 0.29) is 37.8 Å². The second-order valence-electron chi connectivity index (χ2n) is 19.8. The van der Waals surface area contributed by atoms with Crippen molar-refractivity contribution in [1.29, 1.82) is 0 Å². The zero-order valence-corrected chi connectivity index (χ0v) is 39.6. The standard InChI is InChI=1S/C44H81FN6O11/c1-14-34-44(10,57)37(53)28(6)50(12)22-24(2)18-42(8,56)39(26(4)35(27(5)40(55)61-34)33-19-43(9,58-13)38(54)29(7)60-33)62-41-36(52)32(17-25(3)59-41)49(11)16-15-30-23-51(48-47-30)31(20-45)21-46/h23-29,31-39,41,52-54,56-57H,14-22,46H2,1-13H3/t24-,25-,26+,27-,28-,29+,31?,32+,33?,34-,35+,36-,37-,38+,39-,41+,42-,43-,44-/m1/s1. The predicted octanol–water partition coefficient (Wildman–Crippen LogP) is 1.85. The fourth-order valence-electron chi connectivity index (χ4n) is 10.5. The van der Waals surface area contributed by atoms with Gasteiger partial charge in [-0.25, -0.2) is 9.07 Å². The third-order valence-corrected chi connectivity index (χ3v) is 14.6. The number of cyclic esters (lactones) is 1. The van der Waals surface area contributed by atoms with Crippen LogP contribution in [-0.2, 0) is 34.9 Å². The monoisotopic (exact) mass is 889 g/mol. The molecule has 17 nitrogen and oxygen atoms in total. The first-order chi connectivity index (χ1) is 28.9. The van der Waals surface area contributed by atoms with Gasteiger partial charge >= 0.3 is 5.97 Å². The summed E-state index contributed by atoms with van der Waals surface area (Å²) in [6, 6.07) is -1.59. The van der Waals surface area contributed by atoms with Crippen molar-refractivity contribution >= 4 is 5.97 Å². The molecule has 3 aliphatic heterocycles. The summed E-state index contributed by atoms with van der Waals surface area (Å²) in [4.78, 5) is 18.4. The number of nitrogens with two attached hydrogens (primary N) is 1. The fourth-order valence-corrected chi connectivity index (χ4v) is 10.5. The van der Waals surface area contributed by atoms with Gasteiger partial charge in [-0.1, -0.05) is 32.9 Å². The molecule has 4 heterocycles. The SMILES string of the molecule is CC[C@H]1OC(=O)[C@H](C)[C@@H](C2C[C@@](C)(OC)[C@@H](O)[C@H](C)O2)[C@H](C)[C@@H](O[C@@H]2O[C@H](C)C[C@H](N(C)CCc3cn(C(CN)CF)nn3)[C@H]2O)[C@](C)(O)C[C@@H](C)CN(C)[C@H](C)[C@@H](O)[C@]1(C)O. The van der Waals surface area contributed by atoms with Gasteiger partial charge in [-0.3, -0.25) is 4.79 Å². The number of carbonyl (C=O) groups is 1. The molecule has 0 bridgehead atoms. The van der Waals surface area contributed by atoms with Crippen LogP contribution in [0.15, 0.2) is 6.20 Å². The van der Waals surface area contributed by atoms with E-state index in [1.54, 1.807) is 47.7 Å². The number of esters is 1. The zero-order chi connectivity index (χ0) is 46.6. The van der Waals surface area contributed by atoms with Crippen LogP contribution < -0.4 is 5.73 Å². The molecule has 0 aliphatic carbocycles. The Morgan fingerprint density at radius 3 is 2.32 bits per heavy atom. The number of methoxy groups -OCH3 is 1. The second-order valence-corrected chi connectivity index (χ2v) is 19.8. The van der Waals surface area contributed by atoms with Gasteiger partial charge in [0.05, 0.1) is 53.3 Å². The van der Waals surface area contributed by atoms with Crippen LogP contribution >= 0.6 is 0 Å². The van der Waals surface area contributed by atoms with Gasteiger partial charge in [-0.2, -0.15) is 0 Å². The largest absolute Gasteiger partial charge is 0.459 e. The van der Waals surface area contributed by atoms with Crippen molar-refractivity contribution in [3.8, 4) is 0 Å². The summed E-state index contributed by atoms with van der Waals surface area (Å²) in [5.41, 5.74) is 1.89. The maximum atomic E-state index is 14.5. The lowest BCUT2D eigenvalue weighted by molar-refractivity contribution is -0.302. The Hall–Kier alpha value is -1.94. The minimum Gasteiger partial charge on any atom is -0.459 e. The highest BCUT2D eigenvalue weighted by Gasteiger charge is 2.55. The number of hydrogen-bond acceptors (Lipinski definition) is 16. The van der Waals surface area contributed by atoms with E-state index in [0.29, 0.717) is 31.6 Å². The number of alkyl halides is 1. The number of halogens is 1. The Morgan fingerprint density at radius 1 is 1.06 bits per heavy atom. The Kier molecular flexibility index (Phi) is 18.3. The highest BCUT2D eigenvalue weighted by molar-refractivity contribution is 5.73. The van der Waals surface area contributed by atoms with Crippen LogP contribution in [0, 0.1) is 23.7 Å². The highest BCUT2D eigenvalue weighted by Crippen LogP contribution is 2.45. The molecular weight excluding hydrogens is 808 g/mol. The number of aliphatic hydroxyl groups is 5. The Labute approximate surface area is 368 Å². The van der Waals surface area contributed by atoms with Gasteiger partial charge in [0.2, 0.25) is 0 Å². The van der Waals surface area contributed by atoms with Gasteiger partial charge in [0, 0.05) is 63.8 Å². The molecule has 0 amide bonds. The first-order valence-electron chi connectivity index (χ1n) is 22.6. The van der Waals surface area contributed by atoms with E-state index in [2.05, 4.69) is 10.3 Å². The van der Waals surface area contributed by atoms with Crippen molar-refractivity contribution < 1.29 is 58.4 Å². The molecule has 0 spiro atoms. The lowest BCUT2D eigenvalue weighted by Crippen LogP contribution is -2.62. The summed E-state index contributed by atoms with van der Waals surface area (Å²) in [5, 5.41) is 67.9. The van der Waals surface area contributed by atoms with Gasteiger partial charge in [0.15, 0.2) is 6.29 Å². The summed E-state index contributed by atoms with van der Waals surface area (Å²) in [6.45, 7) is 18.1. The Bertz CT molecular complexity index is 1560. The number of ether oxygens (including phenoxy) is 5. The van der Waals surface area contributed by atoms with Gasteiger partial charge < -0.3 is 64.8 Å². The number of hydrogen-bond donors (Lipinski definition) is 6. The number of rotatable bonds is 12. The molecule has 2 unspecified atom stereocenters. The average Bonchev–Trinajstić information content (AvgIpc) is 3.68. The maximum Gasteiger partial charge on any atom is 0.309 e. The van der Waals surface area contributed by atoms with Crippen molar-refractivity contribution in [3.63, 3.8) is 0 Å². The van der Waals surface area contributed by atoms with E-state index in [1.165, 1.54) is 18.7 Å². The number of aromatic nitrogens is 3. The minimum atomic E-state index is -1.82. The third kappa shape index (κ3) is 11.7. The van der Waals surface area contributed by atoms with E-state index in [1.807, 2.05) is 44.7 Å². The van der Waals surface area contributed by atoms with E-state index in [4.69, 9.17) is 29.4 Å². The van der Waals surface area contributed by atoms with Crippen molar-refractivity contribution in [2.45, 2.75) is 191 Å². The van der Waals surface area contributed by atoms with Gasteiger partial charge in [0.1, 0.15) is 36.7 Å². The summed E-state index contributed by atoms with van der Waals surface area (Å²) in [7, 11) is 5.25. The van der Waals surface area contributed by atoms with Crippen LogP contribution in [0.1, 0.15) is 107 Å². The molecule has 4 rings (SSSR count). The first kappa shape index (κ1) is 52.7. The smallest absolute Gasteiger partial charge is 0.309 e. The summed E-state index contributed by atoms with van der Waals surface area (Å²) < 4.78 is 46.8. The van der Waals surface area contributed by atoms with Crippen molar-refractivity contribution in [2.75, 3.05) is 47.5 Å². The third-order valence-electron chi connectivity index (χ3n) is 14.6. The molecule has 1 aromatic rings. The predicted molar refractivity (Wildman–Crippen MR) is 230 cm³/mol. The number of nitrogens with zero attached hydrogens (tertiary/aromatic N) is 5. The zero-order valence-electron chi connectivity index (χ0n) is 39.6. The maximum absolute atomic E-state index is 14.5. The summed E-state index contributed by atoms with van der Waals surface area (Å²) in [6.07, 6.45) is -5.31. The topological polar surface area (TPSA) is 228 Å². The first-order valence-corrected chi connectivity index (χ1v) is 22.6. The number of likely N-dealkylation sites (N-methyl/N-ethyl adjacent to an activating group) is 2. The average molecular weight is 889 g/mol. The van der Waals surface area contributed by atoms with Gasteiger partial charge in [0.25, 0.3) is 0 Å². The second kappa shape index (κ2) is 21.6. The Balaban J connectivity index is 1.76. The summed E-state index contributed by atoms with van der Waals surface area (Å²) in [5.74, 6) is -3.17. The van der Waals surface area contributed by atoms with Crippen LogP contribution in [0.3, 0.4) is 0 Å². The molecule has 62 heavy (non-hydrogen) atoms. The summed E-state index contributed by atoms with van der Waals surface area (Å²) >= 11 is 0. The fraction of sp³-hybridized carbons (Fsp3) is 0.932. The molecule has 3 fully saturated rings. The molecule has 19 atom stereocenters. The molecule has 3 aliphatic rings. The van der Waals surface area contributed by atoms with Crippen LogP contribution in [0.2, 0.25) is 0 Å². The van der Waals surface area contributed by atoms with Crippen molar-refractivity contribution in [3.05, 3.63) is 11.9 Å². The molecule has 360 valence electrons. The van der Waals surface area contributed by atoms with E-state index in [9.17, 15) is 34.7 Å². The molecule has 0 radical (unpaired) electrons. The quantitative estimate of drug-likeness (QED) is 0.165. The number of aliphatic hydroxyl groups excluding tert-OH is 3. The van der Waals surface area contributed by atoms with E-state index < -0.39 is 114 Å². The van der Waals surface area contributed by atoms with Gasteiger partial charge in [-0.15, -0.1) is 5.10 Å². The van der Waals surface area contributed by atoms with Crippen molar-refractivity contribution in [2.24, 2.45) is 29.4 Å². The van der Waals surface area contributed by atoms with Crippen LogP contribution in [0.5, 0.6) is 0 Å². The molecule has 18 heteroatoms. The van der Waals surface area contributed by atoms with Crippen LogP contribution in [0.25, 0.3) is 0 Å². The van der Waals surface area contributed by atoms with E-state index >= 15 is 0 Å². The van der Waals surface area contributed by atoms with Crippen LogP contribution in [-0.4, -0.2) is 188 Å². The lowest BCUT2D eigenvalue weighted by atomic mass is 9.68. The molecule has 1 aromatic heterocycles. The van der Waals surface area contributed by atoms with Crippen LogP contribution in [0.4, 0.5) is 4.39 Å². The molecule has 0 saturated carbocycles. The lowest BCUT2D eigenvalue weighted by Gasteiger charge is -2.51. The number of carbonyl (C=O) groups excluding carboxylic acids is 1. The normalized spacial score (nSPS) is 44.1. The molecular formula is C44H81FN6O11. The molecule has 0 aromatic carbocycles. The highest BCUT2D eigenvalue weighted by atomic mass is 19.1.